The third kappa shape index (κ3) is 5.29. The lowest BCUT2D eigenvalue weighted by Gasteiger charge is -2.05. The minimum Gasteiger partial charge on any atom is -0.360 e. The van der Waals surface area contributed by atoms with Gasteiger partial charge in [0.05, 0.1) is 5.69 Å². The number of nitriles is 1. The lowest BCUT2D eigenvalue weighted by molar-refractivity contribution is 0.647. The Labute approximate surface area is 172 Å². The molecular weight excluding hydrogens is 418 g/mol. The summed E-state index contributed by atoms with van der Waals surface area (Å²) in [4.78, 5) is 4.65. The highest BCUT2D eigenvalue weighted by atomic mass is 79.9. The summed E-state index contributed by atoms with van der Waals surface area (Å²) < 4.78 is 0.983. The Hall–Kier alpha value is -2.42. The van der Waals surface area contributed by atoms with Crippen molar-refractivity contribution >= 4 is 38.5 Å². The van der Waals surface area contributed by atoms with E-state index in [4.69, 9.17) is 0 Å². The van der Waals surface area contributed by atoms with Gasteiger partial charge in [-0.05, 0) is 36.1 Å². The molecule has 0 aliphatic rings. The minimum absolute atomic E-state index is 0.516. The van der Waals surface area contributed by atoms with E-state index in [1.807, 2.05) is 29.6 Å². The molecule has 0 aliphatic heterocycles. The van der Waals surface area contributed by atoms with Crippen molar-refractivity contribution in [3.05, 3.63) is 75.2 Å². The van der Waals surface area contributed by atoms with E-state index in [-0.39, 0.29) is 0 Å². The van der Waals surface area contributed by atoms with Crippen molar-refractivity contribution in [3.8, 4) is 17.3 Å². The largest absolute Gasteiger partial charge is 0.360 e. The fourth-order valence-electron chi connectivity index (χ4n) is 2.69. The second-order valence-electron chi connectivity index (χ2n) is 6.66. The van der Waals surface area contributed by atoms with Crippen LogP contribution >= 0.6 is 27.3 Å². The number of allylic oxidation sites excluding steroid dienone is 1. The molecule has 0 radical (unpaired) electrons. The fourth-order valence-corrected chi connectivity index (χ4v) is 3.88. The Morgan fingerprint density at radius 1 is 1.26 bits per heavy atom. The summed E-state index contributed by atoms with van der Waals surface area (Å²) in [6, 6.07) is 18.6. The molecule has 3 rings (SSSR count). The van der Waals surface area contributed by atoms with E-state index in [9.17, 15) is 5.26 Å². The average molecular weight is 438 g/mol. The Kier molecular flexibility index (Phi) is 6.44. The zero-order valence-electron chi connectivity index (χ0n) is 15.2. The van der Waals surface area contributed by atoms with Gasteiger partial charge in [-0.1, -0.05) is 60.1 Å². The molecule has 2 aromatic carbocycles. The number of aromatic nitrogens is 1. The van der Waals surface area contributed by atoms with Gasteiger partial charge in [-0.3, -0.25) is 0 Å². The third-order valence-corrected chi connectivity index (χ3v) is 5.33. The van der Waals surface area contributed by atoms with Crippen molar-refractivity contribution in [1.29, 1.82) is 5.26 Å². The zero-order chi connectivity index (χ0) is 19.2. The van der Waals surface area contributed by atoms with E-state index in [0.717, 1.165) is 27.8 Å². The SMILES string of the molecule is CC(C)Cc1ccc(-c2csc(C(C#N)=CNc3cccc(Br)c3)n2)cc1. The molecule has 3 aromatic rings. The number of nitrogens with one attached hydrogen (secondary N) is 1. The molecule has 27 heavy (non-hydrogen) atoms. The van der Waals surface area contributed by atoms with Crippen molar-refractivity contribution < 1.29 is 0 Å². The third-order valence-electron chi connectivity index (χ3n) is 3.96. The molecule has 0 aliphatic carbocycles. The monoisotopic (exact) mass is 437 g/mol. The van der Waals surface area contributed by atoms with Crippen LogP contribution in [-0.4, -0.2) is 4.98 Å². The van der Waals surface area contributed by atoms with Gasteiger partial charge >= 0.3 is 0 Å². The molecule has 5 heteroatoms. The quantitative estimate of drug-likeness (QED) is 0.433. The zero-order valence-corrected chi connectivity index (χ0v) is 17.6. The van der Waals surface area contributed by atoms with Gasteiger partial charge in [-0.25, -0.2) is 4.98 Å². The number of nitrogens with zero attached hydrogens (tertiary/aromatic N) is 2. The second-order valence-corrected chi connectivity index (χ2v) is 8.43. The summed E-state index contributed by atoms with van der Waals surface area (Å²) in [6.45, 7) is 4.44. The lowest BCUT2D eigenvalue weighted by atomic mass is 10.0. The number of halogens is 1. The molecule has 0 amide bonds. The Bertz CT molecular complexity index is 981. The van der Waals surface area contributed by atoms with Gasteiger partial charge in [-0.2, -0.15) is 5.26 Å². The van der Waals surface area contributed by atoms with Crippen LogP contribution in [0, 0.1) is 17.2 Å². The fraction of sp³-hybridized carbons (Fsp3) is 0.182. The van der Waals surface area contributed by atoms with Crippen LogP contribution < -0.4 is 5.32 Å². The Morgan fingerprint density at radius 3 is 2.70 bits per heavy atom. The highest BCUT2D eigenvalue weighted by Gasteiger charge is 2.09. The van der Waals surface area contributed by atoms with Gasteiger partial charge in [0.25, 0.3) is 0 Å². The first-order valence-electron chi connectivity index (χ1n) is 8.72. The van der Waals surface area contributed by atoms with E-state index >= 15 is 0 Å². The number of hydrogen-bond acceptors (Lipinski definition) is 4. The maximum absolute atomic E-state index is 9.51. The molecule has 0 saturated heterocycles. The van der Waals surface area contributed by atoms with Gasteiger partial charge in [0, 0.05) is 27.3 Å². The van der Waals surface area contributed by atoms with E-state index < -0.39 is 0 Å². The number of thiazole rings is 1. The molecule has 0 spiro atoms. The van der Waals surface area contributed by atoms with Crippen LogP contribution in [0.5, 0.6) is 0 Å². The summed E-state index contributed by atoms with van der Waals surface area (Å²) in [6.07, 6.45) is 2.78. The van der Waals surface area contributed by atoms with Gasteiger partial charge in [0.1, 0.15) is 16.6 Å². The number of benzene rings is 2. The molecule has 0 fully saturated rings. The first kappa shape index (κ1) is 19.3. The average Bonchev–Trinajstić information content (AvgIpc) is 3.12. The van der Waals surface area contributed by atoms with Crippen LogP contribution in [0.1, 0.15) is 24.4 Å². The van der Waals surface area contributed by atoms with Crippen LogP contribution in [-0.2, 0) is 6.42 Å². The van der Waals surface area contributed by atoms with Crippen molar-refractivity contribution in [1.82, 2.24) is 4.98 Å². The highest BCUT2D eigenvalue weighted by molar-refractivity contribution is 9.10. The predicted octanol–water partition coefficient (Wildman–Crippen LogP) is 6.75. The summed E-state index contributed by atoms with van der Waals surface area (Å²) in [5, 5.41) is 15.4. The van der Waals surface area contributed by atoms with Crippen molar-refractivity contribution in [3.63, 3.8) is 0 Å². The summed E-state index contributed by atoms with van der Waals surface area (Å²) >= 11 is 4.92. The number of rotatable bonds is 6. The summed E-state index contributed by atoms with van der Waals surface area (Å²) in [7, 11) is 0. The topological polar surface area (TPSA) is 48.7 Å². The molecule has 136 valence electrons. The molecule has 1 N–H and O–H groups in total. The molecular formula is C22H20BrN3S. The Morgan fingerprint density at radius 2 is 2.04 bits per heavy atom. The first-order chi connectivity index (χ1) is 13.0. The predicted molar refractivity (Wildman–Crippen MR) is 117 cm³/mol. The highest BCUT2D eigenvalue weighted by Crippen LogP contribution is 2.27. The van der Waals surface area contributed by atoms with Crippen LogP contribution in [0.2, 0.25) is 0 Å². The van der Waals surface area contributed by atoms with E-state index in [0.29, 0.717) is 16.5 Å². The molecule has 0 bridgehead atoms. The van der Waals surface area contributed by atoms with Gasteiger partial charge in [0.15, 0.2) is 0 Å². The lowest BCUT2D eigenvalue weighted by Crippen LogP contribution is -1.93. The second kappa shape index (κ2) is 8.98. The van der Waals surface area contributed by atoms with Gasteiger partial charge < -0.3 is 5.32 Å². The molecule has 3 nitrogen and oxygen atoms in total. The van der Waals surface area contributed by atoms with E-state index in [1.54, 1.807) is 6.20 Å². The normalized spacial score (nSPS) is 11.4. The maximum Gasteiger partial charge on any atom is 0.136 e. The number of anilines is 1. The van der Waals surface area contributed by atoms with Crippen LogP contribution in [0.3, 0.4) is 0 Å². The molecule has 0 unspecified atom stereocenters. The maximum atomic E-state index is 9.51. The standard InChI is InChI=1S/C22H20BrN3S/c1-15(2)10-16-6-8-17(9-7-16)21-14-27-22(26-21)18(12-24)13-25-20-5-3-4-19(23)11-20/h3-9,11,13-15,25H,10H2,1-2H3. The van der Waals surface area contributed by atoms with Gasteiger partial charge in [-0.15, -0.1) is 11.3 Å². The van der Waals surface area contributed by atoms with Crippen molar-refractivity contribution in [2.45, 2.75) is 20.3 Å². The first-order valence-corrected chi connectivity index (χ1v) is 10.4. The van der Waals surface area contributed by atoms with Crippen molar-refractivity contribution in [2.75, 3.05) is 5.32 Å². The van der Waals surface area contributed by atoms with Crippen LogP contribution in [0.15, 0.2) is 64.6 Å². The van der Waals surface area contributed by atoms with Gasteiger partial charge in [0.2, 0.25) is 0 Å². The Balaban J connectivity index is 1.77. The summed E-state index contributed by atoms with van der Waals surface area (Å²) in [5.41, 5.74) is 4.73. The minimum atomic E-state index is 0.516. The van der Waals surface area contributed by atoms with E-state index in [1.165, 1.54) is 16.9 Å². The van der Waals surface area contributed by atoms with E-state index in [2.05, 4.69) is 70.4 Å². The molecule has 1 heterocycles. The number of hydrogen-bond donors (Lipinski definition) is 1. The van der Waals surface area contributed by atoms with Crippen LogP contribution in [0.25, 0.3) is 16.8 Å². The van der Waals surface area contributed by atoms with Crippen molar-refractivity contribution in [2.24, 2.45) is 5.92 Å². The molecule has 0 saturated carbocycles. The summed E-state index contributed by atoms with van der Waals surface area (Å²) in [5.74, 6) is 0.641. The van der Waals surface area contributed by atoms with Crippen LogP contribution in [0.4, 0.5) is 5.69 Å². The molecule has 0 atom stereocenters. The molecule has 1 aromatic heterocycles. The smallest absolute Gasteiger partial charge is 0.136 e.